The molecule has 3 nitrogen and oxygen atoms in total. The Morgan fingerprint density at radius 3 is 2.50 bits per heavy atom. The van der Waals surface area contributed by atoms with Crippen LogP contribution in [0.5, 0.6) is 0 Å². The van der Waals surface area contributed by atoms with E-state index in [0.29, 0.717) is 0 Å². The molecule has 0 aliphatic heterocycles. The fourth-order valence-electron chi connectivity index (χ4n) is 1.23. The molecule has 0 unspecified atom stereocenters. The van der Waals surface area contributed by atoms with Crippen molar-refractivity contribution in [3.63, 3.8) is 0 Å². The lowest BCUT2D eigenvalue weighted by molar-refractivity contribution is 0.388. The first kappa shape index (κ1) is 8.87. The van der Waals surface area contributed by atoms with Crippen molar-refractivity contribution < 1.29 is 5.21 Å². The summed E-state index contributed by atoms with van der Waals surface area (Å²) in [6, 6.07) is 5.75. The predicted octanol–water partition coefficient (Wildman–Crippen LogP) is 1.86. The second kappa shape index (κ2) is 3.45. The molecule has 0 aliphatic rings. The zero-order valence-corrected chi connectivity index (χ0v) is 7.63. The molecule has 0 saturated carbocycles. The van der Waals surface area contributed by atoms with E-state index < -0.39 is 0 Å². The van der Waals surface area contributed by atoms with E-state index in [4.69, 9.17) is 5.21 Å². The third kappa shape index (κ3) is 1.51. The standard InChI is InChI=1S/C9H14N2O/c1-7-8(10-12)5-4-6-9(7)11(2)3/h4-6,10,12H,1-3H3. The first-order chi connectivity index (χ1) is 5.66. The number of nitrogens with one attached hydrogen (secondary N) is 1. The summed E-state index contributed by atoms with van der Waals surface area (Å²) in [7, 11) is 3.95. The van der Waals surface area contributed by atoms with Gasteiger partial charge in [0.15, 0.2) is 0 Å². The topological polar surface area (TPSA) is 35.5 Å². The van der Waals surface area contributed by atoms with Crippen molar-refractivity contribution in [1.29, 1.82) is 0 Å². The molecule has 0 amide bonds. The molecule has 0 atom stereocenters. The maximum atomic E-state index is 8.76. The van der Waals surface area contributed by atoms with Crippen LogP contribution in [0.1, 0.15) is 5.56 Å². The quantitative estimate of drug-likeness (QED) is 0.658. The van der Waals surface area contributed by atoms with E-state index in [9.17, 15) is 0 Å². The Hall–Kier alpha value is -1.22. The Balaban J connectivity index is 3.14. The fourth-order valence-corrected chi connectivity index (χ4v) is 1.23. The minimum atomic E-state index is 0.751. The number of nitrogens with zero attached hydrogens (tertiary/aromatic N) is 1. The molecule has 1 aromatic rings. The highest BCUT2D eigenvalue weighted by molar-refractivity contribution is 5.64. The van der Waals surface area contributed by atoms with Gasteiger partial charge in [-0.3, -0.25) is 10.7 Å². The molecule has 12 heavy (non-hydrogen) atoms. The van der Waals surface area contributed by atoms with Crippen molar-refractivity contribution >= 4 is 11.4 Å². The second-order valence-corrected chi connectivity index (χ2v) is 2.96. The highest BCUT2D eigenvalue weighted by atomic mass is 16.5. The van der Waals surface area contributed by atoms with E-state index in [0.717, 1.165) is 16.9 Å². The number of hydrogen-bond donors (Lipinski definition) is 2. The molecule has 1 aromatic carbocycles. The Bertz CT molecular complexity index is 271. The zero-order chi connectivity index (χ0) is 9.14. The van der Waals surface area contributed by atoms with Gasteiger partial charge in [-0.05, 0) is 24.6 Å². The van der Waals surface area contributed by atoms with Crippen LogP contribution in [0.4, 0.5) is 11.4 Å². The number of rotatable bonds is 2. The van der Waals surface area contributed by atoms with Gasteiger partial charge in [0.2, 0.25) is 0 Å². The van der Waals surface area contributed by atoms with Crippen LogP contribution in [0.3, 0.4) is 0 Å². The van der Waals surface area contributed by atoms with E-state index in [1.54, 1.807) is 0 Å². The number of hydrogen-bond acceptors (Lipinski definition) is 3. The Labute approximate surface area is 72.6 Å². The van der Waals surface area contributed by atoms with Crippen molar-refractivity contribution in [2.45, 2.75) is 6.92 Å². The lowest BCUT2D eigenvalue weighted by Crippen LogP contribution is -2.10. The van der Waals surface area contributed by atoms with Gasteiger partial charge in [0.25, 0.3) is 0 Å². The van der Waals surface area contributed by atoms with E-state index in [1.165, 1.54) is 0 Å². The first-order valence-electron chi connectivity index (χ1n) is 3.84. The molecule has 0 aromatic heterocycles. The van der Waals surface area contributed by atoms with Crippen LogP contribution in [-0.2, 0) is 0 Å². The molecule has 66 valence electrons. The molecule has 1 rings (SSSR count). The third-order valence-corrected chi connectivity index (χ3v) is 1.91. The molecule has 3 heteroatoms. The smallest absolute Gasteiger partial charge is 0.0651 e. The lowest BCUT2D eigenvalue weighted by Gasteiger charge is -2.17. The fraction of sp³-hybridized carbons (Fsp3) is 0.333. The Kier molecular flexibility index (Phi) is 2.55. The molecular formula is C9H14N2O. The summed E-state index contributed by atoms with van der Waals surface area (Å²) in [5.41, 5.74) is 5.07. The van der Waals surface area contributed by atoms with Gasteiger partial charge in [-0.15, -0.1) is 0 Å². The van der Waals surface area contributed by atoms with E-state index >= 15 is 0 Å². The zero-order valence-electron chi connectivity index (χ0n) is 7.63. The predicted molar refractivity (Wildman–Crippen MR) is 50.9 cm³/mol. The van der Waals surface area contributed by atoms with Gasteiger partial charge in [-0.1, -0.05) is 6.07 Å². The molecule has 0 bridgehead atoms. The average molecular weight is 166 g/mol. The van der Waals surface area contributed by atoms with E-state index in [1.807, 2.05) is 44.1 Å². The van der Waals surface area contributed by atoms with Gasteiger partial charge in [-0.25, -0.2) is 0 Å². The molecule has 0 radical (unpaired) electrons. The van der Waals surface area contributed by atoms with Gasteiger partial charge in [0, 0.05) is 19.8 Å². The first-order valence-corrected chi connectivity index (χ1v) is 3.84. The number of benzene rings is 1. The van der Waals surface area contributed by atoms with Crippen LogP contribution < -0.4 is 10.4 Å². The van der Waals surface area contributed by atoms with Crippen molar-refractivity contribution in [1.82, 2.24) is 0 Å². The van der Waals surface area contributed by atoms with Crippen LogP contribution >= 0.6 is 0 Å². The van der Waals surface area contributed by atoms with Crippen LogP contribution in [0.25, 0.3) is 0 Å². The van der Waals surface area contributed by atoms with Gasteiger partial charge >= 0.3 is 0 Å². The molecular weight excluding hydrogens is 152 g/mol. The highest BCUT2D eigenvalue weighted by Crippen LogP contribution is 2.24. The molecule has 0 fully saturated rings. The molecule has 0 heterocycles. The lowest BCUT2D eigenvalue weighted by atomic mass is 10.1. The SMILES string of the molecule is Cc1c(NO)cccc1N(C)C. The van der Waals surface area contributed by atoms with E-state index in [-0.39, 0.29) is 0 Å². The molecule has 0 saturated heterocycles. The second-order valence-electron chi connectivity index (χ2n) is 2.96. The summed E-state index contributed by atoms with van der Waals surface area (Å²) in [6.45, 7) is 1.97. The van der Waals surface area contributed by atoms with E-state index in [2.05, 4.69) is 5.48 Å². The molecule has 2 N–H and O–H groups in total. The summed E-state index contributed by atoms with van der Waals surface area (Å²) in [6.07, 6.45) is 0. The largest absolute Gasteiger partial charge is 0.377 e. The van der Waals surface area contributed by atoms with Crippen molar-refractivity contribution in [3.8, 4) is 0 Å². The van der Waals surface area contributed by atoms with Crippen molar-refractivity contribution in [2.24, 2.45) is 0 Å². The Morgan fingerprint density at radius 2 is 2.00 bits per heavy atom. The molecule has 0 aliphatic carbocycles. The van der Waals surface area contributed by atoms with Crippen LogP contribution in [0.2, 0.25) is 0 Å². The highest BCUT2D eigenvalue weighted by Gasteiger charge is 2.03. The minimum Gasteiger partial charge on any atom is -0.377 e. The average Bonchev–Trinajstić information content (AvgIpc) is 2.04. The van der Waals surface area contributed by atoms with Crippen LogP contribution in [-0.4, -0.2) is 19.3 Å². The number of anilines is 2. The maximum absolute atomic E-state index is 8.76. The maximum Gasteiger partial charge on any atom is 0.0651 e. The Morgan fingerprint density at radius 1 is 1.33 bits per heavy atom. The van der Waals surface area contributed by atoms with Crippen molar-refractivity contribution in [2.75, 3.05) is 24.5 Å². The summed E-state index contributed by atoms with van der Waals surface area (Å²) < 4.78 is 0. The summed E-state index contributed by atoms with van der Waals surface area (Å²) in [5, 5.41) is 8.76. The summed E-state index contributed by atoms with van der Waals surface area (Å²) in [5.74, 6) is 0. The minimum absolute atomic E-state index is 0.751. The van der Waals surface area contributed by atoms with Crippen molar-refractivity contribution in [3.05, 3.63) is 23.8 Å². The summed E-state index contributed by atoms with van der Waals surface area (Å²) in [4.78, 5) is 2.01. The normalized spacial score (nSPS) is 9.67. The molecule has 0 spiro atoms. The van der Waals surface area contributed by atoms with Gasteiger partial charge in [0.05, 0.1) is 5.69 Å². The summed E-state index contributed by atoms with van der Waals surface area (Å²) >= 11 is 0. The third-order valence-electron chi connectivity index (χ3n) is 1.91. The van der Waals surface area contributed by atoms with Crippen LogP contribution in [0, 0.1) is 6.92 Å². The monoisotopic (exact) mass is 166 g/mol. The van der Waals surface area contributed by atoms with Gasteiger partial charge in [-0.2, -0.15) is 0 Å². The van der Waals surface area contributed by atoms with Crippen LogP contribution in [0.15, 0.2) is 18.2 Å². The van der Waals surface area contributed by atoms with Gasteiger partial charge < -0.3 is 4.90 Å². The van der Waals surface area contributed by atoms with Gasteiger partial charge in [0.1, 0.15) is 0 Å².